The molecule has 1 aromatic heterocycles. The van der Waals surface area contributed by atoms with Gasteiger partial charge >= 0.3 is 6.09 Å². The predicted molar refractivity (Wildman–Crippen MR) is 48.5 cm³/mol. The maximum absolute atomic E-state index is 11.2. The van der Waals surface area contributed by atoms with Gasteiger partial charge in [0.05, 0.1) is 24.5 Å². The fourth-order valence-electron chi connectivity index (χ4n) is 1.51. The molecule has 0 radical (unpaired) electrons. The zero-order valence-electron chi connectivity index (χ0n) is 7.88. The summed E-state index contributed by atoms with van der Waals surface area (Å²) in [5.74, 6) is 0. The van der Waals surface area contributed by atoms with Crippen LogP contribution in [-0.2, 0) is 4.74 Å². The average Bonchev–Trinajstić information content (AvgIpc) is 2.23. The van der Waals surface area contributed by atoms with Crippen molar-refractivity contribution in [2.45, 2.75) is 12.5 Å². The first-order valence-corrected chi connectivity index (χ1v) is 4.44. The fourth-order valence-corrected chi connectivity index (χ4v) is 1.51. The molecule has 1 saturated heterocycles. The summed E-state index contributed by atoms with van der Waals surface area (Å²) in [5, 5.41) is 0. The molecule has 1 aliphatic heterocycles. The predicted octanol–water partition coefficient (Wildman–Crippen LogP) is 0.990. The molecule has 0 spiro atoms. The van der Waals surface area contributed by atoms with E-state index < -0.39 is 0 Å². The van der Waals surface area contributed by atoms with Gasteiger partial charge in [-0.1, -0.05) is 0 Å². The Morgan fingerprint density at radius 1 is 1.57 bits per heavy atom. The molecule has 0 N–H and O–H groups in total. The maximum atomic E-state index is 11.2. The van der Waals surface area contributed by atoms with Crippen molar-refractivity contribution < 1.29 is 9.53 Å². The molecule has 2 heterocycles. The Balaban J connectivity index is 2.22. The number of aromatic nitrogens is 2. The summed E-state index contributed by atoms with van der Waals surface area (Å²) < 4.78 is 4.88. The first kappa shape index (κ1) is 8.93. The molecule has 1 fully saturated rings. The largest absolute Gasteiger partial charge is 0.449 e. The molecule has 0 aromatic carbocycles. The summed E-state index contributed by atoms with van der Waals surface area (Å²) in [7, 11) is 1.71. The third-order valence-electron chi connectivity index (χ3n) is 2.30. The van der Waals surface area contributed by atoms with E-state index in [2.05, 4.69) is 9.97 Å². The van der Waals surface area contributed by atoms with E-state index in [-0.39, 0.29) is 12.1 Å². The Bertz CT molecular complexity index is 328. The Morgan fingerprint density at radius 2 is 2.43 bits per heavy atom. The molecule has 74 valence electrons. The van der Waals surface area contributed by atoms with E-state index in [9.17, 15) is 4.79 Å². The van der Waals surface area contributed by atoms with Crippen LogP contribution in [0.3, 0.4) is 0 Å². The molecule has 1 aliphatic rings. The standard InChI is InChI=1S/C9H11N3O2/c1-12-8(2-5-14-9(12)13)7-6-10-3-4-11-7/h3-4,6,8H,2,5H2,1H3. The van der Waals surface area contributed by atoms with Gasteiger partial charge in [-0.15, -0.1) is 0 Å². The van der Waals surface area contributed by atoms with Crippen molar-refractivity contribution in [2.75, 3.05) is 13.7 Å². The lowest BCUT2D eigenvalue weighted by Crippen LogP contribution is -2.37. The maximum Gasteiger partial charge on any atom is 0.410 e. The van der Waals surface area contributed by atoms with Crippen molar-refractivity contribution in [2.24, 2.45) is 0 Å². The number of hydrogen-bond acceptors (Lipinski definition) is 4. The number of rotatable bonds is 1. The van der Waals surface area contributed by atoms with Crippen molar-refractivity contribution in [3.05, 3.63) is 24.3 Å². The van der Waals surface area contributed by atoms with Crippen LogP contribution in [0.25, 0.3) is 0 Å². The SMILES string of the molecule is CN1C(=O)OCCC1c1cnccn1. The number of carbonyl (C=O) groups is 1. The minimum atomic E-state index is -0.299. The molecule has 14 heavy (non-hydrogen) atoms. The van der Waals surface area contributed by atoms with Gasteiger partial charge in [0.15, 0.2) is 0 Å². The molecular formula is C9H11N3O2. The van der Waals surface area contributed by atoms with E-state index in [1.807, 2.05) is 0 Å². The van der Waals surface area contributed by atoms with E-state index in [0.717, 1.165) is 12.1 Å². The summed E-state index contributed by atoms with van der Waals surface area (Å²) in [6.07, 6.45) is 5.39. The van der Waals surface area contributed by atoms with Gasteiger partial charge in [0, 0.05) is 25.9 Å². The van der Waals surface area contributed by atoms with Gasteiger partial charge in [0.25, 0.3) is 0 Å². The van der Waals surface area contributed by atoms with Gasteiger partial charge in [-0.3, -0.25) is 9.97 Å². The normalized spacial score (nSPS) is 21.9. The number of carbonyl (C=O) groups excluding carboxylic acids is 1. The van der Waals surface area contributed by atoms with Gasteiger partial charge in [-0.25, -0.2) is 4.79 Å². The van der Waals surface area contributed by atoms with E-state index in [4.69, 9.17) is 4.74 Å². The minimum absolute atomic E-state index is 0.00931. The van der Waals surface area contributed by atoms with Crippen LogP contribution in [0.2, 0.25) is 0 Å². The van der Waals surface area contributed by atoms with Crippen molar-refractivity contribution in [1.82, 2.24) is 14.9 Å². The van der Waals surface area contributed by atoms with Gasteiger partial charge in [0.2, 0.25) is 0 Å². The topological polar surface area (TPSA) is 55.3 Å². The van der Waals surface area contributed by atoms with Gasteiger partial charge in [-0.2, -0.15) is 0 Å². The first-order valence-electron chi connectivity index (χ1n) is 4.44. The second-order valence-corrected chi connectivity index (χ2v) is 3.16. The molecule has 1 unspecified atom stereocenters. The monoisotopic (exact) mass is 193 g/mol. The smallest absolute Gasteiger partial charge is 0.410 e. The van der Waals surface area contributed by atoms with Crippen molar-refractivity contribution in [1.29, 1.82) is 0 Å². The zero-order valence-corrected chi connectivity index (χ0v) is 7.88. The molecule has 1 atom stereocenters. The van der Waals surface area contributed by atoms with Crippen LogP contribution in [0.15, 0.2) is 18.6 Å². The van der Waals surface area contributed by atoms with Crippen molar-refractivity contribution >= 4 is 6.09 Å². The molecule has 1 aromatic rings. The van der Waals surface area contributed by atoms with Crippen molar-refractivity contribution in [3.8, 4) is 0 Å². The number of cyclic esters (lactones) is 1. The Hall–Kier alpha value is -1.65. The lowest BCUT2D eigenvalue weighted by Gasteiger charge is -2.30. The van der Waals surface area contributed by atoms with Gasteiger partial charge < -0.3 is 9.64 Å². The molecular weight excluding hydrogens is 182 g/mol. The van der Waals surface area contributed by atoms with Crippen LogP contribution < -0.4 is 0 Å². The van der Waals surface area contributed by atoms with Crippen molar-refractivity contribution in [3.63, 3.8) is 0 Å². The fraction of sp³-hybridized carbons (Fsp3) is 0.444. The Labute approximate surface area is 81.7 Å². The number of ether oxygens (including phenoxy) is 1. The molecule has 5 nitrogen and oxygen atoms in total. The van der Waals surface area contributed by atoms with Gasteiger partial charge in [0.1, 0.15) is 0 Å². The highest BCUT2D eigenvalue weighted by Crippen LogP contribution is 2.24. The van der Waals surface area contributed by atoms with Crippen LogP contribution in [0.1, 0.15) is 18.2 Å². The summed E-state index contributed by atoms with van der Waals surface area (Å²) in [6, 6.07) is -0.00931. The molecule has 2 rings (SSSR count). The highest BCUT2D eigenvalue weighted by Gasteiger charge is 2.28. The summed E-state index contributed by atoms with van der Waals surface area (Å²) in [4.78, 5) is 20.9. The highest BCUT2D eigenvalue weighted by atomic mass is 16.6. The summed E-state index contributed by atoms with van der Waals surface area (Å²) in [6.45, 7) is 0.449. The highest BCUT2D eigenvalue weighted by molar-refractivity contribution is 5.68. The molecule has 1 amide bonds. The quantitative estimate of drug-likeness (QED) is 0.667. The second-order valence-electron chi connectivity index (χ2n) is 3.16. The van der Waals surface area contributed by atoms with E-state index in [1.54, 1.807) is 30.5 Å². The number of amides is 1. The number of hydrogen-bond donors (Lipinski definition) is 0. The summed E-state index contributed by atoms with van der Waals surface area (Å²) in [5.41, 5.74) is 0.812. The van der Waals surface area contributed by atoms with Gasteiger partial charge in [-0.05, 0) is 0 Å². The average molecular weight is 193 g/mol. The van der Waals surface area contributed by atoms with Crippen LogP contribution >= 0.6 is 0 Å². The van der Waals surface area contributed by atoms with Crippen LogP contribution in [-0.4, -0.2) is 34.6 Å². The molecule has 0 bridgehead atoms. The third-order valence-corrected chi connectivity index (χ3v) is 2.30. The Morgan fingerprint density at radius 3 is 3.14 bits per heavy atom. The van der Waals surface area contributed by atoms with Crippen LogP contribution in [0.4, 0.5) is 4.79 Å². The lowest BCUT2D eigenvalue weighted by molar-refractivity contribution is 0.0547. The van der Waals surface area contributed by atoms with E-state index in [0.29, 0.717) is 6.61 Å². The van der Waals surface area contributed by atoms with Crippen LogP contribution in [0.5, 0.6) is 0 Å². The zero-order chi connectivity index (χ0) is 9.97. The summed E-state index contributed by atoms with van der Waals surface area (Å²) >= 11 is 0. The van der Waals surface area contributed by atoms with E-state index >= 15 is 0 Å². The number of nitrogens with zero attached hydrogens (tertiary/aromatic N) is 3. The molecule has 5 heteroatoms. The third kappa shape index (κ3) is 1.53. The first-order chi connectivity index (χ1) is 6.79. The van der Waals surface area contributed by atoms with E-state index in [1.165, 1.54) is 0 Å². The van der Waals surface area contributed by atoms with Crippen LogP contribution in [0, 0.1) is 0 Å². The minimum Gasteiger partial charge on any atom is -0.449 e. The second kappa shape index (κ2) is 3.61. The molecule has 0 saturated carbocycles. The Kier molecular flexibility index (Phi) is 2.30. The lowest BCUT2D eigenvalue weighted by atomic mass is 10.1. The molecule has 0 aliphatic carbocycles.